The topological polar surface area (TPSA) is 54.9 Å². The predicted octanol–water partition coefficient (Wildman–Crippen LogP) is 3.84. The summed E-state index contributed by atoms with van der Waals surface area (Å²) in [5, 5.41) is 6.46. The summed E-state index contributed by atoms with van der Waals surface area (Å²) in [7, 11) is 1.64. The maximum Gasteiger partial charge on any atom is 0.387 e. The van der Waals surface area contributed by atoms with Crippen LogP contribution in [0.4, 0.5) is 13.2 Å². The molecule has 0 amide bonds. The van der Waals surface area contributed by atoms with Gasteiger partial charge in [0.1, 0.15) is 11.6 Å². The van der Waals surface area contributed by atoms with Crippen molar-refractivity contribution >= 4 is 5.96 Å². The van der Waals surface area contributed by atoms with E-state index < -0.39 is 6.61 Å². The zero-order valence-corrected chi connectivity index (χ0v) is 16.8. The van der Waals surface area contributed by atoms with Gasteiger partial charge in [-0.2, -0.15) is 8.78 Å². The number of halogens is 3. The molecule has 1 heterocycles. The van der Waals surface area contributed by atoms with E-state index in [1.54, 1.807) is 25.2 Å². The van der Waals surface area contributed by atoms with E-state index in [9.17, 15) is 13.2 Å². The SMILES string of the molecule is CN=C(NCc1ccccc1OC(F)F)NCC1(c2ccc(F)cc2)CCOCC1. The van der Waals surface area contributed by atoms with Gasteiger partial charge in [-0.1, -0.05) is 30.3 Å². The Labute approximate surface area is 174 Å². The van der Waals surface area contributed by atoms with E-state index in [1.165, 1.54) is 18.2 Å². The average Bonchev–Trinajstić information content (AvgIpc) is 2.75. The quantitative estimate of drug-likeness (QED) is 0.527. The van der Waals surface area contributed by atoms with Crippen LogP contribution in [0.2, 0.25) is 0 Å². The lowest BCUT2D eigenvalue weighted by atomic mass is 9.74. The minimum absolute atomic E-state index is 0.127. The maximum absolute atomic E-state index is 13.4. The number of hydrogen-bond acceptors (Lipinski definition) is 3. The highest BCUT2D eigenvalue weighted by atomic mass is 19.3. The van der Waals surface area contributed by atoms with Crippen LogP contribution in [0.1, 0.15) is 24.0 Å². The van der Waals surface area contributed by atoms with E-state index in [1.807, 2.05) is 12.1 Å². The molecule has 0 bridgehead atoms. The zero-order valence-electron chi connectivity index (χ0n) is 16.8. The van der Waals surface area contributed by atoms with Gasteiger partial charge in [0, 0.05) is 44.3 Å². The molecular weight excluding hydrogens is 395 g/mol. The molecule has 2 aromatic rings. The minimum Gasteiger partial charge on any atom is -0.434 e. The van der Waals surface area contributed by atoms with Gasteiger partial charge in [-0.05, 0) is 36.6 Å². The van der Waals surface area contributed by atoms with Crippen LogP contribution < -0.4 is 15.4 Å². The first-order chi connectivity index (χ1) is 14.5. The molecule has 0 atom stereocenters. The standard InChI is InChI=1S/C22H26F3N3O2/c1-26-21(27-14-16-4-2-3-5-19(16)30-20(24)25)28-15-22(10-12-29-13-11-22)17-6-8-18(23)9-7-17/h2-9,20H,10-15H2,1H3,(H2,26,27,28). The fraction of sp³-hybridized carbons (Fsp3) is 0.409. The van der Waals surface area contributed by atoms with Crippen LogP contribution in [-0.4, -0.2) is 39.4 Å². The number of aliphatic imine (C=N–C) groups is 1. The number of para-hydroxylation sites is 1. The molecule has 1 fully saturated rings. The van der Waals surface area contributed by atoms with Crippen molar-refractivity contribution < 1.29 is 22.6 Å². The Hall–Kier alpha value is -2.74. The molecule has 8 heteroatoms. The second-order valence-corrected chi connectivity index (χ2v) is 7.17. The number of ether oxygens (including phenoxy) is 2. The Bertz CT molecular complexity index is 838. The van der Waals surface area contributed by atoms with Gasteiger partial charge in [0.15, 0.2) is 5.96 Å². The number of benzene rings is 2. The number of nitrogens with one attached hydrogen (secondary N) is 2. The van der Waals surface area contributed by atoms with Crippen molar-refractivity contribution in [2.24, 2.45) is 4.99 Å². The molecule has 0 saturated carbocycles. The largest absolute Gasteiger partial charge is 0.434 e. The normalized spacial score (nSPS) is 16.4. The third-order valence-corrected chi connectivity index (χ3v) is 5.36. The highest BCUT2D eigenvalue weighted by Gasteiger charge is 2.34. The van der Waals surface area contributed by atoms with Gasteiger partial charge in [-0.15, -0.1) is 0 Å². The van der Waals surface area contributed by atoms with E-state index in [0.717, 1.165) is 18.4 Å². The summed E-state index contributed by atoms with van der Waals surface area (Å²) in [4.78, 5) is 4.23. The Morgan fingerprint density at radius 3 is 2.47 bits per heavy atom. The molecular formula is C22H26F3N3O2. The molecule has 0 spiro atoms. The van der Waals surface area contributed by atoms with Gasteiger partial charge in [0.05, 0.1) is 0 Å². The molecule has 5 nitrogen and oxygen atoms in total. The third-order valence-electron chi connectivity index (χ3n) is 5.36. The summed E-state index contributed by atoms with van der Waals surface area (Å²) >= 11 is 0. The van der Waals surface area contributed by atoms with Crippen LogP contribution >= 0.6 is 0 Å². The van der Waals surface area contributed by atoms with Gasteiger partial charge in [0.25, 0.3) is 0 Å². The van der Waals surface area contributed by atoms with Crippen molar-refractivity contribution in [3.63, 3.8) is 0 Å². The fourth-order valence-electron chi connectivity index (χ4n) is 3.65. The number of nitrogens with zero attached hydrogens (tertiary/aromatic N) is 1. The maximum atomic E-state index is 13.4. The van der Waals surface area contributed by atoms with Crippen LogP contribution in [0.5, 0.6) is 5.75 Å². The van der Waals surface area contributed by atoms with E-state index >= 15 is 0 Å². The number of guanidine groups is 1. The summed E-state index contributed by atoms with van der Waals surface area (Å²) in [5.74, 6) is 0.397. The first kappa shape index (κ1) is 22.0. The van der Waals surface area contributed by atoms with Crippen molar-refractivity contribution in [3.8, 4) is 5.75 Å². The molecule has 1 aliphatic heterocycles. The van der Waals surface area contributed by atoms with E-state index in [-0.39, 0.29) is 23.5 Å². The smallest absolute Gasteiger partial charge is 0.387 e. The fourth-order valence-corrected chi connectivity index (χ4v) is 3.65. The van der Waals surface area contributed by atoms with Gasteiger partial charge in [0.2, 0.25) is 0 Å². The predicted molar refractivity (Wildman–Crippen MR) is 109 cm³/mol. The molecule has 3 rings (SSSR count). The summed E-state index contributed by atoms with van der Waals surface area (Å²) in [6.45, 7) is -0.772. The second-order valence-electron chi connectivity index (χ2n) is 7.17. The molecule has 2 N–H and O–H groups in total. The molecule has 0 radical (unpaired) electrons. The Morgan fingerprint density at radius 2 is 1.80 bits per heavy atom. The van der Waals surface area contributed by atoms with E-state index in [4.69, 9.17) is 4.74 Å². The van der Waals surface area contributed by atoms with Crippen molar-refractivity contribution in [3.05, 3.63) is 65.5 Å². The van der Waals surface area contributed by atoms with Gasteiger partial charge >= 0.3 is 6.61 Å². The minimum atomic E-state index is -2.88. The second kappa shape index (κ2) is 10.3. The molecule has 30 heavy (non-hydrogen) atoms. The van der Waals surface area contributed by atoms with Crippen LogP contribution in [-0.2, 0) is 16.7 Å². The number of hydrogen-bond donors (Lipinski definition) is 2. The van der Waals surface area contributed by atoms with Gasteiger partial charge in [-0.3, -0.25) is 4.99 Å². The van der Waals surface area contributed by atoms with Gasteiger partial charge < -0.3 is 20.1 Å². The average molecular weight is 421 g/mol. The highest BCUT2D eigenvalue weighted by molar-refractivity contribution is 5.79. The summed E-state index contributed by atoms with van der Waals surface area (Å²) < 4.78 is 48.7. The molecule has 1 aliphatic rings. The van der Waals surface area contributed by atoms with Crippen molar-refractivity contribution in [2.45, 2.75) is 31.4 Å². The summed E-state index contributed by atoms with van der Waals surface area (Å²) in [6, 6.07) is 13.2. The van der Waals surface area contributed by atoms with Crippen molar-refractivity contribution in [2.75, 3.05) is 26.8 Å². The van der Waals surface area contributed by atoms with Crippen molar-refractivity contribution in [1.82, 2.24) is 10.6 Å². The summed E-state index contributed by atoms with van der Waals surface area (Å²) in [5.41, 5.74) is 1.44. The van der Waals surface area contributed by atoms with Gasteiger partial charge in [-0.25, -0.2) is 4.39 Å². The van der Waals surface area contributed by atoms with Crippen LogP contribution in [0.3, 0.4) is 0 Å². The van der Waals surface area contributed by atoms with Crippen LogP contribution in [0, 0.1) is 5.82 Å². The number of rotatable bonds is 7. The van der Waals surface area contributed by atoms with Crippen LogP contribution in [0.15, 0.2) is 53.5 Å². The molecule has 2 aromatic carbocycles. The van der Waals surface area contributed by atoms with E-state index in [2.05, 4.69) is 20.4 Å². The zero-order chi connectivity index (χ0) is 21.4. The number of alkyl halides is 2. The Morgan fingerprint density at radius 1 is 1.10 bits per heavy atom. The lowest BCUT2D eigenvalue weighted by Gasteiger charge is -2.38. The molecule has 0 aliphatic carbocycles. The lowest BCUT2D eigenvalue weighted by Crippen LogP contribution is -2.47. The summed E-state index contributed by atoms with van der Waals surface area (Å²) in [6.07, 6.45) is 1.60. The third kappa shape index (κ3) is 5.66. The molecule has 0 aromatic heterocycles. The molecule has 0 unspecified atom stereocenters. The first-order valence-electron chi connectivity index (χ1n) is 9.83. The first-order valence-corrected chi connectivity index (χ1v) is 9.83. The highest BCUT2D eigenvalue weighted by Crippen LogP contribution is 2.34. The molecule has 162 valence electrons. The molecule has 1 saturated heterocycles. The van der Waals surface area contributed by atoms with E-state index in [0.29, 0.717) is 31.3 Å². The lowest BCUT2D eigenvalue weighted by molar-refractivity contribution is -0.0504. The monoisotopic (exact) mass is 421 g/mol. The Kier molecular flexibility index (Phi) is 7.57. The van der Waals surface area contributed by atoms with Crippen LogP contribution in [0.25, 0.3) is 0 Å². The van der Waals surface area contributed by atoms with Crippen molar-refractivity contribution in [1.29, 1.82) is 0 Å². The Balaban J connectivity index is 1.66.